The van der Waals surface area contributed by atoms with E-state index in [0.29, 0.717) is 24.4 Å². The summed E-state index contributed by atoms with van der Waals surface area (Å²) in [5.41, 5.74) is 5.79. The number of fused-ring (bicyclic) bond motifs is 2. The minimum Gasteiger partial charge on any atom is -0.481 e. The summed E-state index contributed by atoms with van der Waals surface area (Å²) in [6, 6.07) is 38.2. The summed E-state index contributed by atoms with van der Waals surface area (Å²) in [5.74, 6) is 0.768. The van der Waals surface area contributed by atoms with Crippen molar-refractivity contribution in [2.75, 3.05) is 0 Å². The number of aliphatic hydroxyl groups is 2. The Hall–Kier alpha value is -4.93. The lowest BCUT2D eigenvalue weighted by molar-refractivity contribution is -0.174. The number of carbonyl (C=O) groups excluding carboxylic acids is 1. The van der Waals surface area contributed by atoms with Gasteiger partial charge in [-0.3, -0.25) is 9.59 Å². The highest BCUT2D eigenvalue weighted by Crippen LogP contribution is 2.52. The number of aromatic amines is 2. The zero-order valence-corrected chi connectivity index (χ0v) is 36.0. The fourth-order valence-electron chi connectivity index (χ4n) is 12.9. The normalized spacial score (nSPS) is 29.5. The third kappa shape index (κ3) is 8.57. The summed E-state index contributed by atoms with van der Waals surface area (Å²) in [6.07, 6.45) is 14.9. The summed E-state index contributed by atoms with van der Waals surface area (Å²) in [4.78, 5) is 33.7. The van der Waals surface area contributed by atoms with Gasteiger partial charge < -0.3 is 35.5 Å². The first-order chi connectivity index (χ1) is 29.6. The van der Waals surface area contributed by atoms with E-state index < -0.39 is 11.6 Å². The molecule has 14 rings (SSSR count). The van der Waals surface area contributed by atoms with Gasteiger partial charge in [0.15, 0.2) is 0 Å². The number of aromatic nitrogens is 2. The van der Waals surface area contributed by atoms with Crippen LogP contribution < -0.4 is 5.32 Å². The summed E-state index contributed by atoms with van der Waals surface area (Å²) >= 11 is 0. The van der Waals surface area contributed by atoms with Crippen LogP contribution in [0.2, 0.25) is 0 Å². The zero-order chi connectivity index (χ0) is 41.7. The number of benzene rings is 4. The van der Waals surface area contributed by atoms with Crippen LogP contribution in [0, 0.1) is 11.8 Å². The standard InChI is InChI=1S/C26H28N2O2.C17H15NO2.C9H15NO.ClH/c29-25(28-19-10-17-11-20(28)15-26(30,13-17)14-19)12-22(18-6-2-1-3-7-18)23-16-27-24-9-5-4-8-21(23)24;19-17(20)10-14(12-6-2-1-3-7-12)15-11-18-16-9-5-4-8-13(15)16;11-9-3-6-1-7(4-9)10-8(2-6)5-9;/h1-9,16-17,19-20,22,27,30H,10-15H2;1-9,11,14,18H,10H2,(H,19,20);6-8,10-11H,1-5H2;1H. The SMILES string of the molecule is Cl.O=C(CC(c1ccccc1)c1c[nH]c2ccccc12)N1C2CC3CC1CC(O)(C3)C2.O=C(O)CC(c1ccccc1)c1c[nH]c2ccccc12.OC12CC3CC(C1)NC(C3)C2. The maximum Gasteiger partial charge on any atom is 0.304 e. The lowest BCUT2D eigenvalue weighted by Crippen LogP contribution is -2.65. The molecule has 9 nitrogen and oxygen atoms in total. The van der Waals surface area contributed by atoms with Crippen LogP contribution in [0.3, 0.4) is 0 Å². The number of aliphatic carboxylic acids is 1. The summed E-state index contributed by atoms with van der Waals surface area (Å²) in [6.45, 7) is 0. The Bertz CT molecular complexity index is 2450. The van der Waals surface area contributed by atoms with Crippen molar-refractivity contribution in [2.45, 2.75) is 124 Å². The van der Waals surface area contributed by atoms with Crippen molar-refractivity contribution in [3.8, 4) is 0 Å². The van der Waals surface area contributed by atoms with Gasteiger partial charge in [0.2, 0.25) is 5.91 Å². The molecule has 324 valence electrons. The Balaban J connectivity index is 0.000000131. The highest BCUT2D eigenvalue weighted by molar-refractivity contribution is 5.87. The topological polar surface area (TPSA) is 142 Å². The third-order valence-electron chi connectivity index (χ3n) is 15.0. The molecular weight excluding hydrogens is 796 g/mol. The van der Waals surface area contributed by atoms with Crippen LogP contribution in [0.1, 0.15) is 111 Å². The lowest BCUT2D eigenvalue weighted by atomic mass is 9.61. The molecule has 6 aromatic rings. The number of carbonyl (C=O) groups is 2. The second-order valence-electron chi connectivity index (χ2n) is 19.3. The fourth-order valence-corrected chi connectivity index (χ4v) is 12.9. The number of amides is 1. The van der Waals surface area contributed by atoms with Gasteiger partial charge in [0.05, 0.1) is 17.6 Å². The monoisotopic (exact) mass is 854 g/mol. The van der Waals surface area contributed by atoms with Gasteiger partial charge >= 0.3 is 5.97 Å². The van der Waals surface area contributed by atoms with E-state index in [9.17, 15) is 24.9 Å². The van der Waals surface area contributed by atoms with Crippen molar-refractivity contribution in [3.05, 3.63) is 144 Å². The van der Waals surface area contributed by atoms with Crippen LogP contribution in [-0.4, -0.2) is 77.4 Å². The first-order valence-electron chi connectivity index (χ1n) is 22.5. The number of carboxylic acid groups (broad SMARTS) is 1. The number of rotatable bonds is 8. The van der Waals surface area contributed by atoms with Gasteiger partial charge in [-0.2, -0.15) is 0 Å². The van der Waals surface area contributed by atoms with E-state index in [1.807, 2.05) is 72.9 Å². The number of nitrogens with one attached hydrogen (secondary N) is 3. The van der Waals surface area contributed by atoms with Gasteiger partial charge in [-0.1, -0.05) is 97.1 Å². The number of H-pyrrole nitrogens is 2. The molecule has 0 radical (unpaired) electrons. The van der Waals surface area contributed by atoms with Gasteiger partial charge in [0.1, 0.15) is 0 Å². The highest BCUT2D eigenvalue weighted by atomic mass is 35.5. The van der Waals surface area contributed by atoms with Crippen LogP contribution in [0.5, 0.6) is 0 Å². The maximum atomic E-state index is 13.7. The van der Waals surface area contributed by atoms with Gasteiger partial charge in [-0.15, -0.1) is 12.4 Å². The number of hydrogen-bond acceptors (Lipinski definition) is 5. The van der Waals surface area contributed by atoms with Crippen LogP contribution in [0.4, 0.5) is 0 Å². The molecule has 62 heavy (non-hydrogen) atoms. The molecule has 4 saturated carbocycles. The van der Waals surface area contributed by atoms with E-state index in [1.54, 1.807) is 0 Å². The van der Waals surface area contributed by atoms with E-state index in [-0.39, 0.29) is 54.3 Å². The molecule has 6 N–H and O–H groups in total. The molecule has 4 aromatic carbocycles. The summed E-state index contributed by atoms with van der Waals surface area (Å²) < 4.78 is 0. The van der Waals surface area contributed by atoms with Crippen LogP contribution in [0.15, 0.2) is 122 Å². The van der Waals surface area contributed by atoms with Crippen LogP contribution in [0.25, 0.3) is 21.8 Å². The molecule has 6 unspecified atom stereocenters. The molecule has 6 atom stereocenters. The van der Waals surface area contributed by atoms with Gasteiger partial charge in [0.25, 0.3) is 0 Å². The molecule has 8 aliphatic rings. The Labute approximate surface area is 369 Å². The average Bonchev–Trinajstić information content (AvgIpc) is 3.86. The van der Waals surface area contributed by atoms with Gasteiger partial charge in [0, 0.05) is 76.6 Å². The van der Waals surface area contributed by atoms with Crippen molar-refractivity contribution in [2.24, 2.45) is 11.8 Å². The van der Waals surface area contributed by atoms with Crippen LogP contribution >= 0.6 is 12.4 Å². The Kier molecular flexibility index (Phi) is 11.8. The molecule has 8 bridgehead atoms. The summed E-state index contributed by atoms with van der Waals surface area (Å²) in [5, 5.41) is 36.0. The third-order valence-corrected chi connectivity index (χ3v) is 15.0. The molecular formula is C52H59ClN4O5. The maximum absolute atomic E-state index is 13.7. The fraction of sp³-hybridized carbons (Fsp3) is 0.423. The molecule has 10 heteroatoms. The van der Waals surface area contributed by atoms with Crippen LogP contribution in [-0.2, 0) is 9.59 Å². The number of para-hydroxylation sites is 2. The van der Waals surface area contributed by atoms with Gasteiger partial charge in [-0.05, 0) is 110 Å². The van der Waals surface area contributed by atoms with E-state index in [0.717, 1.165) is 84.8 Å². The molecule has 2 aromatic heterocycles. The van der Waals surface area contributed by atoms with E-state index in [2.05, 4.69) is 68.8 Å². The van der Waals surface area contributed by atoms with Crippen molar-refractivity contribution >= 4 is 46.1 Å². The Morgan fingerprint density at radius 3 is 1.47 bits per heavy atom. The minimum absolute atomic E-state index is 0. The van der Waals surface area contributed by atoms with Crippen molar-refractivity contribution in [1.29, 1.82) is 0 Å². The second kappa shape index (κ2) is 17.3. The first kappa shape index (κ1) is 42.4. The predicted molar refractivity (Wildman–Crippen MR) is 245 cm³/mol. The molecule has 4 saturated heterocycles. The largest absolute Gasteiger partial charge is 0.481 e. The number of halogens is 1. The summed E-state index contributed by atoms with van der Waals surface area (Å²) in [7, 11) is 0. The smallest absolute Gasteiger partial charge is 0.304 e. The average molecular weight is 856 g/mol. The molecule has 4 aliphatic heterocycles. The van der Waals surface area contributed by atoms with Crippen molar-refractivity contribution < 1.29 is 24.9 Å². The quantitative estimate of drug-likeness (QED) is 0.0902. The highest BCUT2D eigenvalue weighted by Gasteiger charge is 2.55. The molecule has 0 spiro atoms. The Morgan fingerprint density at radius 2 is 1.02 bits per heavy atom. The van der Waals surface area contributed by atoms with E-state index >= 15 is 0 Å². The predicted octanol–water partition coefficient (Wildman–Crippen LogP) is 9.44. The number of carboxylic acids is 1. The first-order valence-corrected chi connectivity index (χ1v) is 22.5. The van der Waals surface area contributed by atoms with Crippen molar-refractivity contribution in [3.63, 3.8) is 0 Å². The molecule has 4 aliphatic carbocycles. The number of hydrogen-bond donors (Lipinski definition) is 6. The zero-order valence-electron chi connectivity index (χ0n) is 35.2. The Morgan fingerprint density at radius 1 is 0.581 bits per heavy atom. The van der Waals surface area contributed by atoms with Gasteiger partial charge in [-0.25, -0.2) is 0 Å². The van der Waals surface area contributed by atoms with E-state index in [1.165, 1.54) is 29.4 Å². The molecule has 6 heterocycles. The lowest BCUT2D eigenvalue weighted by Gasteiger charge is -2.59. The second-order valence-corrected chi connectivity index (χ2v) is 19.3. The molecule has 1 amide bonds. The van der Waals surface area contributed by atoms with Crippen molar-refractivity contribution in [1.82, 2.24) is 20.2 Å². The van der Waals surface area contributed by atoms with E-state index in [4.69, 9.17) is 0 Å². The minimum atomic E-state index is -0.788. The number of piperidine rings is 4. The molecule has 8 fully saturated rings. The number of nitrogens with zero attached hydrogens (tertiary/aromatic N) is 1.